The molecule has 1 unspecified atom stereocenters. The number of carbonyl (C=O) groups excluding carboxylic acids is 2. The summed E-state index contributed by atoms with van der Waals surface area (Å²) >= 11 is 1.25. The Morgan fingerprint density at radius 1 is 1.16 bits per heavy atom. The second-order valence-corrected chi connectivity index (χ2v) is 9.83. The van der Waals surface area contributed by atoms with Crippen LogP contribution >= 0.6 is 11.3 Å². The van der Waals surface area contributed by atoms with Gasteiger partial charge in [-0.3, -0.25) is 14.5 Å². The Bertz CT molecular complexity index is 1180. The highest BCUT2D eigenvalue weighted by Crippen LogP contribution is 2.43. The molecule has 0 radical (unpaired) electrons. The van der Waals surface area contributed by atoms with Crippen molar-refractivity contribution in [3.8, 4) is 0 Å². The molecule has 1 aromatic carbocycles. The first kappa shape index (κ1) is 21.1. The van der Waals surface area contributed by atoms with Crippen LogP contribution in [-0.2, 0) is 10.2 Å². The molecule has 2 aromatic heterocycles. The number of aromatic nitrogens is 1. The maximum Gasteiger partial charge on any atom is 0.294 e. The van der Waals surface area contributed by atoms with Gasteiger partial charge in [0.05, 0.1) is 27.4 Å². The first-order valence-electron chi connectivity index (χ1n) is 9.99. The van der Waals surface area contributed by atoms with Crippen molar-refractivity contribution in [2.45, 2.75) is 46.1 Å². The van der Waals surface area contributed by atoms with Crippen LogP contribution < -0.4 is 4.90 Å². The maximum atomic E-state index is 13.4. The van der Waals surface area contributed by atoms with E-state index in [1.807, 2.05) is 31.2 Å². The second kappa shape index (κ2) is 7.50. The molecule has 0 fully saturated rings. The van der Waals surface area contributed by atoms with Crippen molar-refractivity contribution in [3.63, 3.8) is 0 Å². The first-order valence-corrected chi connectivity index (χ1v) is 10.8. The molecule has 160 valence electrons. The molecular formula is C24H24N2O4S. The van der Waals surface area contributed by atoms with Crippen LogP contribution in [-0.4, -0.2) is 21.8 Å². The molecule has 3 heterocycles. The Balaban J connectivity index is 1.82. The fourth-order valence-electron chi connectivity index (χ4n) is 3.81. The summed E-state index contributed by atoms with van der Waals surface area (Å²) in [5, 5.41) is 11.5. The molecule has 0 aliphatic carbocycles. The Morgan fingerprint density at radius 3 is 2.35 bits per heavy atom. The van der Waals surface area contributed by atoms with Gasteiger partial charge in [0, 0.05) is 5.69 Å². The number of aliphatic hydroxyl groups excluding tert-OH is 1. The summed E-state index contributed by atoms with van der Waals surface area (Å²) in [5.74, 6) is -1.20. The van der Waals surface area contributed by atoms with E-state index >= 15 is 0 Å². The zero-order valence-electron chi connectivity index (χ0n) is 18.1. The number of hydrogen-bond acceptors (Lipinski definition) is 6. The molecule has 31 heavy (non-hydrogen) atoms. The summed E-state index contributed by atoms with van der Waals surface area (Å²) in [7, 11) is 0. The van der Waals surface area contributed by atoms with Crippen LogP contribution in [0.15, 0.2) is 58.4 Å². The number of thiazole rings is 1. The van der Waals surface area contributed by atoms with Gasteiger partial charge in [0.2, 0.25) is 5.78 Å². The van der Waals surface area contributed by atoms with Gasteiger partial charge in [-0.2, -0.15) is 0 Å². The normalized spacial score (nSPS) is 17.0. The number of amides is 1. The van der Waals surface area contributed by atoms with E-state index in [1.165, 1.54) is 22.5 Å². The lowest BCUT2D eigenvalue weighted by molar-refractivity contribution is -0.117. The van der Waals surface area contributed by atoms with E-state index in [9.17, 15) is 14.7 Å². The number of nitrogens with zero attached hydrogens (tertiary/aromatic N) is 2. The quantitative estimate of drug-likeness (QED) is 0.551. The molecule has 0 bridgehead atoms. The predicted molar refractivity (Wildman–Crippen MR) is 120 cm³/mol. The zero-order chi connectivity index (χ0) is 22.5. The number of ketones is 1. The van der Waals surface area contributed by atoms with Crippen molar-refractivity contribution < 1.29 is 19.1 Å². The molecule has 7 heteroatoms. The van der Waals surface area contributed by atoms with Crippen LogP contribution in [0.1, 0.15) is 58.5 Å². The third-order valence-electron chi connectivity index (χ3n) is 5.39. The van der Waals surface area contributed by atoms with Gasteiger partial charge in [-0.25, -0.2) is 4.98 Å². The summed E-state index contributed by atoms with van der Waals surface area (Å²) in [6.07, 6.45) is 1.49. The van der Waals surface area contributed by atoms with Gasteiger partial charge in [0.1, 0.15) is 11.8 Å². The van der Waals surface area contributed by atoms with Gasteiger partial charge in [0.25, 0.3) is 5.91 Å². The molecule has 6 nitrogen and oxygen atoms in total. The fraction of sp³-hybridized carbons (Fsp3) is 0.292. The van der Waals surface area contributed by atoms with Crippen LogP contribution in [0.25, 0.3) is 0 Å². The van der Waals surface area contributed by atoms with Crippen molar-refractivity contribution in [1.82, 2.24) is 4.98 Å². The van der Waals surface area contributed by atoms with Gasteiger partial charge in [-0.05, 0) is 49.1 Å². The van der Waals surface area contributed by atoms with Gasteiger partial charge in [-0.1, -0.05) is 32.9 Å². The van der Waals surface area contributed by atoms with Gasteiger partial charge < -0.3 is 9.52 Å². The highest BCUT2D eigenvalue weighted by Gasteiger charge is 2.46. The highest BCUT2D eigenvalue weighted by molar-refractivity contribution is 7.14. The van der Waals surface area contributed by atoms with Crippen LogP contribution in [0.3, 0.4) is 0 Å². The van der Waals surface area contributed by atoms with Crippen molar-refractivity contribution in [1.29, 1.82) is 0 Å². The Morgan fingerprint density at radius 2 is 1.84 bits per heavy atom. The van der Waals surface area contributed by atoms with Gasteiger partial charge >= 0.3 is 0 Å². The molecule has 1 amide bonds. The fourth-order valence-corrected chi connectivity index (χ4v) is 4.68. The molecule has 0 saturated carbocycles. The highest BCUT2D eigenvalue weighted by atomic mass is 32.1. The number of aliphatic hydroxyl groups is 1. The van der Waals surface area contributed by atoms with Crippen molar-refractivity contribution >= 4 is 28.7 Å². The summed E-state index contributed by atoms with van der Waals surface area (Å²) in [6, 6.07) is 10.1. The smallest absolute Gasteiger partial charge is 0.294 e. The minimum atomic E-state index is -0.864. The summed E-state index contributed by atoms with van der Waals surface area (Å²) in [6.45, 7) is 9.89. The third-order valence-corrected chi connectivity index (χ3v) is 6.46. The second-order valence-electron chi connectivity index (χ2n) is 8.63. The van der Waals surface area contributed by atoms with E-state index in [2.05, 4.69) is 25.8 Å². The topological polar surface area (TPSA) is 83.6 Å². The summed E-state index contributed by atoms with van der Waals surface area (Å²) < 4.78 is 5.59. The van der Waals surface area contributed by atoms with Crippen LogP contribution in [0, 0.1) is 13.8 Å². The molecule has 4 rings (SSSR count). The lowest BCUT2D eigenvalue weighted by atomic mass is 9.87. The van der Waals surface area contributed by atoms with E-state index < -0.39 is 23.5 Å². The molecule has 1 aliphatic heterocycles. The standard InChI is InChI=1S/C24H24N2O4S/c1-13-22(31-14(2)25-13)20(27)18-19(17-7-6-12-30-17)26(23(29)21(18)28)16-10-8-15(9-11-16)24(3,4)5/h6-12,19,28H,1-5H3. The molecule has 3 aromatic rings. The van der Waals surface area contributed by atoms with Crippen LogP contribution in [0.5, 0.6) is 0 Å². The SMILES string of the molecule is Cc1nc(C)c(C(=O)C2=C(O)C(=O)N(c3ccc(C(C)(C)C)cc3)C2c2ccco2)s1. The summed E-state index contributed by atoms with van der Waals surface area (Å²) in [4.78, 5) is 32.7. The number of Topliss-reactive ketones (excluding diaryl/α,β-unsaturated/α-hetero) is 1. The van der Waals surface area contributed by atoms with E-state index in [1.54, 1.807) is 19.1 Å². The Hall–Kier alpha value is -3.19. The minimum Gasteiger partial charge on any atom is -0.503 e. The van der Waals surface area contributed by atoms with Crippen molar-refractivity contribution in [3.05, 3.63) is 80.9 Å². The number of furan rings is 1. The van der Waals surface area contributed by atoms with E-state index in [-0.39, 0.29) is 11.0 Å². The largest absolute Gasteiger partial charge is 0.503 e. The monoisotopic (exact) mass is 436 g/mol. The molecule has 1 aliphatic rings. The predicted octanol–water partition coefficient (Wildman–Crippen LogP) is 5.43. The van der Waals surface area contributed by atoms with E-state index in [0.717, 1.165) is 10.6 Å². The van der Waals surface area contributed by atoms with Gasteiger partial charge in [-0.15, -0.1) is 11.3 Å². The van der Waals surface area contributed by atoms with E-state index in [4.69, 9.17) is 4.42 Å². The lowest BCUT2D eigenvalue weighted by Crippen LogP contribution is -2.31. The average Bonchev–Trinajstić information content (AvgIpc) is 3.40. The Kier molecular flexibility index (Phi) is 5.09. The maximum absolute atomic E-state index is 13.4. The first-order chi connectivity index (χ1) is 14.6. The molecule has 1 atom stereocenters. The van der Waals surface area contributed by atoms with Crippen LogP contribution in [0.4, 0.5) is 5.69 Å². The Labute approximate surface area is 184 Å². The zero-order valence-corrected chi connectivity index (χ0v) is 18.9. The van der Waals surface area contributed by atoms with E-state index in [0.29, 0.717) is 22.0 Å². The number of anilines is 1. The minimum absolute atomic E-state index is 0.00611. The molecule has 1 N–H and O–H groups in total. The lowest BCUT2D eigenvalue weighted by Gasteiger charge is -2.26. The number of carbonyl (C=O) groups is 2. The van der Waals surface area contributed by atoms with Crippen molar-refractivity contribution in [2.24, 2.45) is 0 Å². The molecule has 0 spiro atoms. The van der Waals surface area contributed by atoms with Crippen molar-refractivity contribution in [2.75, 3.05) is 4.90 Å². The average molecular weight is 437 g/mol. The number of rotatable bonds is 4. The number of aryl methyl sites for hydroxylation is 2. The van der Waals surface area contributed by atoms with Crippen LogP contribution in [0.2, 0.25) is 0 Å². The number of benzene rings is 1. The number of hydrogen-bond donors (Lipinski definition) is 1. The molecule has 0 saturated heterocycles. The molecular weight excluding hydrogens is 412 g/mol. The summed E-state index contributed by atoms with van der Waals surface area (Å²) in [5.41, 5.74) is 2.22. The third kappa shape index (κ3) is 3.59. The van der Waals surface area contributed by atoms with Gasteiger partial charge in [0.15, 0.2) is 5.76 Å².